The highest BCUT2D eigenvalue weighted by molar-refractivity contribution is 5.99. The molecule has 0 heterocycles. The van der Waals surface area contributed by atoms with E-state index in [0.29, 0.717) is 6.42 Å². The van der Waals surface area contributed by atoms with Gasteiger partial charge in [0.1, 0.15) is 0 Å². The van der Waals surface area contributed by atoms with Crippen LogP contribution in [0.25, 0.3) is 0 Å². The van der Waals surface area contributed by atoms with Crippen LogP contribution in [-0.4, -0.2) is 34.1 Å². The number of anilines is 1. The Balaban J connectivity index is 2.99. The minimum absolute atomic E-state index is 0.0940. The van der Waals surface area contributed by atoms with Crippen molar-refractivity contribution in [2.45, 2.75) is 26.3 Å². The Morgan fingerprint density at radius 1 is 1.10 bits per heavy atom. The van der Waals surface area contributed by atoms with E-state index < -0.39 is 23.9 Å². The van der Waals surface area contributed by atoms with Crippen molar-refractivity contribution in [2.75, 3.05) is 5.32 Å². The molecule has 0 saturated carbocycles. The van der Waals surface area contributed by atoms with Gasteiger partial charge in [0.25, 0.3) is 0 Å². The predicted octanol–water partition coefficient (Wildman–Crippen LogP) is 1.39. The molecule has 1 aromatic carbocycles. The number of carboxylic acid groups (broad SMARTS) is 2. The Hall–Kier alpha value is -2.41. The molecule has 5 N–H and O–H groups in total. The van der Waals surface area contributed by atoms with Crippen molar-refractivity contribution in [3.05, 3.63) is 29.3 Å². The molecule has 114 valence electrons. The van der Waals surface area contributed by atoms with Crippen LogP contribution in [-0.2, 0) is 4.79 Å². The summed E-state index contributed by atoms with van der Waals surface area (Å²) in [5.41, 5.74) is 5.37. The van der Waals surface area contributed by atoms with E-state index in [1.54, 1.807) is 0 Å². The number of hydrogen-bond donors (Lipinski definition) is 4. The number of nitrogens with one attached hydrogen (secondary N) is 1. The Morgan fingerprint density at radius 2 is 1.57 bits per heavy atom. The summed E-state index contributed by atoms with van der Waals surface area (Å²) in [6.07, 6.45) is 0.468. The zero-order valence-electron chi connectivity index (χ0n) is 11.8. The number of benzene rings is 1. The standard InChI is InChI=1S/C14H18N2O5/c1-7(2)3-11(15)12(17)16-10-5-8(13(18)19)4-9(6-10)14(20)21/h4-7,11H,3,15H2,1-2H3,(H,16,17)(H,18,19)(H,20,21)/t11-/m1/s1. The largest absolute Gasteiger partial charge is 0.478 e. The second kappa shape index (κ2) is 6.85. The fourth-order valence-corrected chi connectivity index (χ4v) is 1.80. The fourth-order valence-electron chi connectivity index (χ4n) is 1.80. The van der Waals surface area contributed by atoms with Crippen LogP contribution in [0.1, 0.15) is 41.0 Å². The normalized spacial score (nSPS) is 12.0. The van der Waals surface area contributed by atoms with Crippen molar-refractivity contribution in [3.8, 4) is 0 Å². The zero-order valence-corrected chi connectivity index (χ0v) is 11.8. The molecular weight excluding hydrogens is 276 g/mol. The maximum Gasteiger partial charge on any atom is 0.335 e. The maximum absolute atomic E-state index is 11.9. The highest BCUT2D eigenvalue weighted by atomic mass is 16.4. The maximum atomic E-state index is 11.9. The first-order chi connectivity index (χ1) is 9.70. The summed E-state index contributed by atoms with van der Waals surface area (Å²) in [4.78, 5) is 33.8. The third kappa shape index (κ3) is 4.88. The second-order valence-electron chi connectivity index (χ2n) is 5.13. The van der Waals surface area contributed by atoms with E-state index in [9.17, 15) is 14.4 Å². The molecule has 0 unspecified atom stereocenters. The van der Waals surface area contributed by atoms with Crippen LogP contribution in [0.5, 0.6) is 0 Å². The first-order valence-corrected chi connectivity index (χ1v) is 6.38. The van der Waals surface area contributed by atoms with Crippen LogP contribution < -0.4 is 11.1 Å². The minimum atomic E-state index is -1.28. The molecule has 1 rings (SSSR count). The fraction of sp³-hybridized carbons (Fsp3) is 0.357. The molecule has 0 aromatic heterocycles. The lowest BCUT2D eigenvalue weighted by molar-refractivity contribution is -0.117. The molecule has 7 heteroatoms. The van der Waals surface area contributed by atoms with Crippen LogP contribution in [0.15, 0.2) is 18.2 Å². The van der Waals surface area contributed by atoms with Gasteiger partial charge >= 0.3 is 11.9 Å². The van der Waals surface area contributed by atoms with Crippen LogP contribution in [0.3, 0.4) is 0 Å². The summed E-state index contributed by atoms with van der Waals surface area (Å²) in [7, 11) is 0. The quantitative estimate of drug-likeness (QED) is 0.627. The Bertz CT molecular complexity index is 536. The summed E-state index contributed by atoms with van der Waals surface area (Å²) in [6.45, 7) is 3.83. The van der Waals surface area contributed by atoms with Crippen LogP contribution >= 0.6 is 0 Å². The van der Waals surface area contributed by atoms with Gasteiger partial charge in [-0.3, -0.25) is 4.79 Å². The number of carboxylic acids is 2. The average molecular weight is 294 g/mol. The SMILES string of the molecule is CC(C)C[C@@H](N)C(=O)Nc1cc(C(=O)O)cc(C(=O)O)c1. The van der Waals surface area contributed by atoms with Crippen molar-refractivity contribution >= 4 is 23.5 Å². The highest BCUT2D eigenvalue weighted by Gasteiger charge is 2.17. The van der Waals surface area contributed by atoms with Gasteiger partial charge in [-0.05, 0) is 30.5 Å². The zero-order chi connectivity index (χ0) is 16.2. The number of carbonyl (C=O) groups is 3. The number of hydrogen-bond acceptors (Lipinski definition) is 4. The van der Waals surface area contributed by atoms with Crippen molar-refractivity contribution in [1.29, 1.82) is 0 Å². The third-order valence-corrected chi connectivity index (χ3v) is 2.76. The van der Waals surface area contributed by atoms with Crippen LogP contribution in [0.2, 0.25) is 0 Å². The molecule has 21 heavy (non-hydrogen) atoms. The molecule has 0 fully saturated rings. The van der Waals surface area contributed by atoms with Gasteiger partial charge in [0.05, 0.1) is 17.2 Å². The summed E-state index contributed by atoms with van der Waals surface area (Å²) in [5.74, 6) is -2.81. The molecule has 0 aliphatic rings. The first kappa shape index (κ1) is 16.6. The Kier molecular flexibility index (Phi) is 5.43. The van der Waals surface area contributed by atoms with Crippen molar-refractivity contribution in [3.63, 3.8) is 0 Å². The highest BCUT2D eigenvalue weighted by Crippen LogP contribution is 2.16. The molecule has 1 amide bonds. The summed E-state index contributed by atoms with van der Waals surface area (Å²) in [6, 6.07) is 2.66. The third-order valence-electron chi connectivity index (χ3n) is 2.76. The molecule has 0 saturated heterocycles. The molecule has 1 aromatic rings. The lowest BCUT2D eigenvalue weighted by atomic mass is 10.0. The van der Waals surface area contributed by atoms with Gasteiger partial charge in [0.2, 0.25) is 5.91 Å². The van der Waals surface area contributed by atoms with Crippen molar-refractivity contribution in [2.24, 2.45) is 11.7 Å². The van der Waals surface area contributed by atoms with Gasteiger partial charge in [-0.15, -0.1) is 0 Å². The summed E-state index contributed by atoms with van der Waals surface area (Å²) >= 11 is 0. The molecule has 0 aliphatic heterocycles. The Labute approximate surface area is 121 Å². The topological polar surface area (TPSA) is 130 Å². The van der Waals surface area contributed by atoms with Gasteiger partial charge < -0.3 is 21.3 Å². The van der Waals surface area contributed by atoms with Crippen molar-refractivity contribution in [1.82, 2.24) is 0 Å². The van der Waals surface area contributed by atoms with E-state index in [2.05, 4.69) is 5.32 Å². The number of amides is 1. The van der Waals surface area contributed by atoms with E-state index in [0.717, 1.165) is 6.07 Å². The van der Waals surface area contributed by atoms with E-state index in [1.807, 2.05) is 13.8 Å². The molecule has 0 aliphatic carbocycles. The smallest absolute Gasteiger partial charge is 0.335 e. The number of carbonyl (C=O) groups excluding carboxylic acids is 1. The molecule has 0 bridgehead atoms. The lowest BCUT2D eigenvalue weighted by Gasteiger charge is -2.14. The van der Waals surface area contributed by atoms with Gasteiger partial charge in [0, 0.05) is 5.69 Å². The molecule has 7 nitrogen and oxygen atoms in total. The molecule has 0 radical (unpaired) electrons. The van der Waals surface area contributed by atoms with E-state index in [1.165, 1.54) is 12.1 Å². The number of rotatable bonds is 6. The van der Waals surface area contributed by atoms with E-state index >= 15 is 0 Å². The Morgan fingerprint density at radius 3 is 1.95 bits per heavy atom. The van der Waals surface area contributed by atoms with Gasteiger partial charge in [0.15, 0.2) is 0 Å². The van der Waals surface area contributed by atoms with Gasteiger partial charge in [-0.25, -0.2) is 9.59 Å². The molecule has 1 atom stereocenters. The number of aromatic carboxylic acids is 2. The predicted molar refractivity (Wildman–Crippen MR) is 76.4 cm³/mol. The molecular formula is C14H18N2O5. The first-order valence-electron chi connectivity index (χ1n) is 6.38. The minimum Gasteiger partial charge on any atom is -0.478 e. The summed E-state index contributed by atoms with van der Waals surface area (Å²) < 4.78 is 0. The van der Waals surface area contributed by atoms with Gasteiger partial charge in [-0.1, -0.05) is 13.8 Å². The average Bonchev–Trinajstić information content (AvgIpc) is 2.37. The van der Waals surface area contributed by atoms with Gasteiger partial charge in [-0.2, -0.15) is 0 Å². The monoisotopic (exact) mass is 294 g/mol. The second-order valence-corrected chi connectivity index (χ2v) is 5.13. The molecule has 0 spiro atoms. The lowest BCUT2D eigenvalue weighted by Crippen LogP contribution is -2.36. The van der Waals surface area contributed by atoms with Crippen LogP contribution in [0.4, 0.5) is 5.69 Å². The van der Waals surface area contributed by atoms with Crippen molar-refractivity contribution < 1.29 is 24.6 Å². The van der Waals surface area contributed by atoms with E-state index in [4.69, 9.17) is 15.9 Å². The number of nitrogens with two attached hydrogens (primary N) is 1. The van der Waals surface area contributed by atoms with Crippen LogP contribution in [0, 0.1) is 5.92 Å². The van der Waals surface area contributed by atoms with E-state index in [-0.39, 0.29) is 22.7 Å². The summed E-state index contributed by atoms with van der Waals surface area (Å²) in [5, 5.41) is 20.3.